The maximum atomic E-state index is 11.4. The molecule has 0 aliphatic carbocycles. The third-order valence-electron chi connectivity index (χ3n) is 3.06. The Balaban J connectivity index is 2.64. The second-order valence-corrected chi connectivity index (χ2v) is 8.33. The number of guanidine groups is 1. The largest absolute Gasteiger partial charge is 0.354 e. The highest BCUT2D eigenvalue weighted by Gasteiger charge is 2.22. The molecule has 2 N–H and O–H groups in total. The van der Waals surface area contributed by atoms with Crippen LogP contribution in [0.25, 0.3) is 0 Å². The van der Waals surface area contributed by atoms with Crippen molar-refractivity contribution in [3.05, 3.63) is 34.9 Å². The van der Waals surface area contributed by atoms with Crippen LogP contribution in [0.3, 0.4) is 0 Å². The van der Waals surface area contributed by atoms with E-state index in [0.717, 1.165) is 11.8 Å². The van der Waals surface area contributed by atoms with Gasteiger partial charge in [-0.25, -0.2) is 13.1 Å². The Morgan fingerprint density at radius 1 is 1.30 bits per heavy atom. The van der Waals surface area contributed by atoms with Gasteiger partial charge in [0.05, 0.1) is 6.26 Å². The number of hydrogen-bond donors (Lipinski definition) is 2. The highest BCUT2D eigenvalue weighted by molar-refractivity contribution is 7.88. The van der Waals surface area contributed by atoms with Gasteiger partial charge in [0, 0.05) is 37.7 Å². The zero-order chi connectivity index (χ0) is 17.7. The van der Waals surface area contributed by atoms with Crippen LogP contribution < -0.4 is 10.0 Å². The van der Waals surface area contributed by atoms with Gasteiger partial charge < -0.3 is 10.2 Å². The van der Waals surface area contributed by atoms with Crippen molar-refractivity contribution in [1.29, 1.82) is 0 Å². The lowest BCUT2D eigenvalue weighted by Gasteiger charge is -2.29. The van der Waals surface area contributed by atoms with E-state index >= 15 is 0 Å². The molecule has 1 rings (SSSR count). The normalized spacial score (nSPS) is 13.0. The van der Waals surface area contributed by atoms with Crippen molar-refractivity contribution in [2.75, 3.05) is 26.9 Å². The number of halogens is 1. The first-order chi connectivity index (χ1) is 10.5. The van der Waals surface area contributed by atoms with Crippen LogP contribution in [0.2, 0.25) is 5.02 Å². The van der Waals surface area contributed by atoms with E-state index in [1.54, 1.807) is 7.05 Å². The predicted octanol–water partition coefficient (Wildman–Crippen LogP) is 1.68. The summed E-state index contributed by atoms with van der Waals surface area (Å²) in [6.07, 6.45) is 1.15. The van der Waals surface area contributed by atoms with Gasteiger partial charge in [-0.05, 0) is 31.5 Å². The fraction of sp³-hybridized carbons (Fsp3) is 0.533. The molecule has 0 unspecified atom stereocenters. The van der Waals surface area contributed by atoms with Gasteiger partial charge in [0.15, 0.2) is 5.96 Å². The number of hydrogen-bond acceptors (Lipinski definition) is 3. The quantitative estimate of drug-likeness (QED) is 0.598. The Bertz CT molecular complexity index is 642. The first-order valence-electron chi connectivity index (χ1n) is 7.17. The van der Waals surface area contributed by atoms with Crippen LogP contribution in [0.15, 0.2) is 29.3 Å². The van der Waals surface area contributed by atoms with E-state index in [9.17, 15) is 8.42 Å². The summed E-state index contributed by atoms with van der Waals surface area (Å²) in [7, 11) is 0.344. The number of aliphatic imine (C=N–C) groups is 1. The van der Waals surface area contributed by atoms with E-state index < -0.39 is 15.6 Å². The molecule has 0 aliphatic rings. The lowest BCUT2D eigenvalue weighted by atomic mass is 10.1. The molecular weight excluding hydrogens is 336 g/mol. The molecule has 0 heterocycles. The standard InChI is InChI=1S/C15H25ClN4O2S/c1-15(2,19-23(5,21)22)11-18-14(17-3)20(4)10-12-6-8-13(16)9-7-12/h6-9,19H,10-11H2,1-5H3,(H,17,18). The molecule has 0 aliphatic heterocycles. The van der Waals surface area contributed by atoms with Crippen LogP contribution in [0.1, 0.15) is 19.4 Å². The predicted molar refractivity (Wildman–Crippen MR) is 96.3 cm³/mol. The van der Waals surface area contributed by atoms with E-state index in [0.29, 0.717) is 24.1 Å². The third-order valence-corrected chi connectivity index (χ3v) is 4.23. The molecule has 0 amide bonds. The Labute approximate surface area is 144 Å². The van der Waals surface area contributed by atoms with Crippen molar-refractivity contribution < 1.29 is 8.42 Å². The van der Waals surface area contributed by atoms with E-state index in [4.69, 9.17) is 11.6 Å². The number of nitrogens with zero attached hydrogens (tertiary/aromatic N) is 2. The van der Waals surface area contributed by atoms with Gasteiger partial charge in [-0.1, -0.05) is 23.7 Å². The second-order valence-electron chi connectivity index (χ2n) is 6.14. The van der Waals surface area contributed by atoms with Gasteiger partial charge in [0.25, 0.3) is 0 Å². The summed E-state index contributed by atoms with van der Waals surface area (Å²) < 4.78 is 25.3. The van der Waals surface area contributed by atoms with Crippen LogP contribution in [-0.4, -0.2) is 51.7 Å². The molecule has 0 radical (unpaired) electrons. The van der Waals surface area contributed by atoms with E-state index in [1.165, 1.54) is 0 Å². The molecule has 0 saturated heterocycles. The summed E-state index contributed by atoms with van der Waals surface area (Å²) in [5.41, 5.74) is 0.485. The fourth-order valence-electron chi connectivity index (χ4n) is 2.16. The molecular formula is C15H25ClN4O2S. The maximum absolute atomic E-state index is 11.4. The van der Waals surface area contributed by atoms with E-state index in [-0.39, 0.29) is 0 Å². The smallest absolute Gasteiger partial charge is 0.209 e. The SMILES string of the molecule is CN=C(NCC(C)(C)NS(C)(=O)=O)N(C)Cc1ccc(Cl)cc1. The Hall–Kier alpha value is -1.31. The minimum atomic E-state index is -3.27. The van der Waals surface area contributed by atoms with Crippen LogP contribution in [0.5, 0.6) is 0 Å². The van der Waals surface area contributed by atoms with Gasteiger partial charge in [-0.2, -0.15) is 0 Å². The molecule has 6 nitrogen and oxygen atoms in total. The van der Waals surface area contributed by atoms with Gasteiger partial charge >= 0.3 is 0 Å². The number of sulfonamides is 1. The molecule has 8 heteroatoms. The van der Waals surface area contributed by atoms with Crippen molar-refractivity contribution in [2.45, 2.75) is 25.9 Å². The second kappa shape index (κ2) is 7.99. The highest BCUT2D eigenvalue weighted by Crippen LogP contribution is 2.11. The molecule has 0 atom stereocenters. The summed E-state index contributed by atoms with van der Waals surface area (Å²) in [6, 6.07) is 7.61. The Morgan fingerprint density at radius 2 is 1.87 bits per heavy atom. The van der Waals surface area contributed by atoms with E-state index in [2.05, 4.69) is 15.0 Å². The monoisotopic (exact) mass is 360 g/mol. The van der Waals surface area contributed by atoms with Gasteiger partial charge in [0.2, 0.25) is 10.0 Å². The molecule has 0 aromatic heterocycles. The summed E-state index contributed by atoms with van der Waals surface area (Å²) in [4.78, 5) is 6.19. The average Bonchev–Trinajstić information content (AvgIpc) is 2.39. The molecule has 23 heavy (non-hydrogen) atoms. The van der Waals surface area contributed by atoms with Crippen LogP contribution in [0.4, 0.5) is 0 Å². The zero-order valence-electron chi connectivity index (χ0n) is 14.2. The van der Waals surface area contributed by atoms with Crippen molar-refractivity contribution in [2.24, 2.45) is 4.99 Å². The van der Waals surface area contributed by atoms with Crippen molar-refractivity contribution in [3.8, 4) is 0 Å². The molecule has 0 saturated carbocycles. The minimum Gasteiger partial charge on any atom is -0.354 e. The lowest BCUT2D eigenvalue weighted by molar-refractivity contribution is 0.422. The first-order valence-corrected chi connectivity index (χ1v) is 9.44. The van der Waals surface area contributed by atoms with Crippen LogP contribution >= 0.6 is 11.6 Å². The molecule has 1 aromatic carbocycles. The van der Waals surface area contributed by atoms with Crippen molar-refractivity contribution >= 4 is 27.6 Å². The number of benzene rings is 1. The van der Waals surface area contributed by atoms with Gasteiger partial charge in [-0.3, -0.25) is 4.99 Å². The van der Waals surface area contributed by atoms with Gasteiger partial charge in [0.1, 0.15) is 0 Å². The Morgan fingerprint density at radius 3 is 2.35 bits per heavy atom. The Kier molecular flexibility index (Phi) is 6.85. The molecule has 130 valence electrons. The maximum Gasteiger partial charge on any atom is 0.209 e. The third kappa shape index (κ3) is 7.67. The summed E-state index contributed by atoms with van der Waals surface area (Å²) >= 11 is 5.88. The summed E-state index contributed by atoms with van der Waals surface area (Å²) in [6.45, 7) is 4.70. The van der Waals surface area contributed by atoms with Crippen LogP contribution in [-0.2, 0) is 16.6 Å². The molecule has 0 fully saturated rings. The van der Waals surface area contributed by atoms with Gasteiger partial charge in [-0.15, -0.1) is 0 Å². The summed E-state index contributed by atoms with van der Waals surface area (Å²) in [5, 5.41) is 3.89. The summed E-state index contributed by atoms with van der Waals surface area (Å²) in [5.74, 6) is 0.684. The van der Waals surface area contributed by atoms with E-state index in [1.807, 2.05) is 50.1 Å². The highest BCUT2D eigenvalue weighted by atomic mass is 35.5. The lowest BCUT2D eigenvalue weighted by Crippen LogP contribution is -2.53. The number of rotatable bonds is 6. The molecule has 1 aromatic rings. The fourth-order valence-corrected chi connectivity index (χ4v) is 3.36. The minimum absolute atomic E-state index is 0.414. The molecule has 0 spiro atoms. The van der Waals surface area contributed by atoms with Crippen molar-refractivity contribution in [1.82, 2.24) is 14.9 Å². The zero-order valence-corrected chi connectivity index (χ0v) is 15.8. The van der Waals surface area contributed by atoms with Crippen LogP contribution in [0, 0.1) is 0 Å². The van der Waals surface area contributed by atoms with Crippen molar-refractivity contribution in [3.63, 3.8) is 0 Å². The number of nitrogens with one attached hydrogen (secondary N) is 2. The average molecular weight is 361 g/mol. The molecule has 0 bridgehead atoms. The first kappa shape index (κ1) is 19.7. The topological polar surface area (TPSA) is 73.8 Å².